The molecule has 0 unspecified atom stereocenters. The molecule has 2 aromatic rings. The van der Waals surface area contributed by atoms with Crippen molar-refractivity contribution in [3.05, 3.63) is 51.8 Å². The molecule has 37 heavy (non-hydrogen) atoms. The van der Waals surface area contributed by atoms with E-state index >= 15 is 0 Å². The van der Waals surface area contributed by atoms with Crippen molar-refractivity contribution in [1.82, 2.24) is 19.4 Å². The summed E-state index contributed by atoms with van der Waals surface area (Å²) in [6.07, 6.45) is 9.70. The minimum Gasteiger partial charge on any atom is -0.444 e. The number of carbonyl (C=O) groups excluding carboxylic acids is 1. The normalized spacial score (nSPS) is 15.6. The van der Waals surface area contributed by atoms with Crippen LogP contribution in [0.4, 0.5) is 10.5 Å². The van der Waals surface area contributed by atoms with Crippen molar-refractivity contribution in [3.63, 3.8) is 0 Å². The number of allylic oxidation sites excluding steroid dienone is 2. The van der Waals surface area contributed by atoms with E-state index in [4.69, 9.17) is 9.72 Å². The van der Waals surface area contributed by atoms with Crippen molar-refractivity contribution in [2.45, 2.75) is 86.7 Å². The minimum atomic E-state index is -0.480. The van der Waals surface area contributed by atoms with Crippen LogP contribution in [0.2, 0.25) is 0 Å². The Morgan fingerprint density at radius 3 is 2.41 bits per heavy atom. The number of pyridine rings is 1. The predicted octanol–water partition coefficient (Wildman–Crippen LogP) is 5.14. The van der Waals surface area contributed by atoms with Crippen LogP contribution in [-0.4, -0.2) is 51.3 Å². The number of aromatic nitrogens is 3. The molecule has 1 saturated heterocycles. The Hall–Kier alpha value is -3.09. The summed E-state index contributed by atoms with van der Waals surface area (Å²) in [4.78, 5) is 25.6. The lowest BCUT2D eigenvalue weighted by molar-refractivity contribution is 0.00787. The summed E-state index contributed by atoms with van der Waals surface area (Å²) in [6, 6.07) is 2.21. The van der Waals surface area contributed by atoms with Crippen LogP contribution < -0.4 is 15.6 Å². The zero-order valence-electron chi connectivity index (χ0n) is 24.8. The maximum absolute atomic E-state index is 12.3. The van der Waals surface area contributed by atoms with Gasteiger partial charge < -0.3 is 19.1 Å². The molecule has 0 bridgehead atoms. The van der Waals surface area contributed by atoms with E-state index in [0.717, 1.165) is 40.6 Å². The second-order valence-corrected chi connectivity index (χ2v) is 10.3. The first-order valence-electron chi connectivity index (χ1n) is 13.5. The molecule has 0 N–H and O–H groups in total. The summed E-state index contributed by atoms with van der Waals surface area (Å²) in [6.45, 7) is 19.5. The summed E-state index contributed by atoms with van der Waals surface area (Å²) in [7, 11) is 4.14. The van der Waals surface area contributed by atoms with Crippen LogP contribution in [0.5, 0.6) is 0 Å². The molecule has 7 heteroatoms. The van der Waals surface area contributed by atoms with Crippen LogP contribution in [-0.2, 0) is 18.2 Å². The number of hydrogen-bond acceptors (Lipinski definition) is 5. The van der Waals surface area contributed by atoms with E-state index in [2.05, 4.69) is 54.4 Å². The van der Waals surface area contributed by atoms with E-state index in [1.54, 1.807) is 4.90 Å². The smallest absolute Gasteiger partial charge is 0.410 e. The van der Waals surface area contributed by atoms with Crippen molar-refractivity contribution in [3.8, 4) is 0 Å². The highest BCUT2D eigenvalue weighted by molar-refractivity contribution is 5.70. The summed E-state index contributed by atoms with van der Waals surface area (Å²) >= 11 is 0. The molecular formula is C30H47N5O2. The van der Waals surface area contributed by atoms with Crippen molar-refractivity contribution in [1.29, 1.82) is 0 Å². The van der Waals surface area contributed by atoms with Gasteiger partial charge in [0.25, 0.3) is 0 Å². The topological polar surface area (TPSA) is 63.5 Å². The summed E-state index contributed by atoms with van der Waals surface area (Å²) in [5.74, 6) is 0.239. The van der Waals surface area contributed by atoms with E-state index < -0.39 is 5.60 Å². The van der Waals surface area contributed by atoms with Crippen LogP contribution in [0.25, 0.3) is 12.2 Å². The van der Waals surface area contributed by atoms with Crippen LogP contribution in [0.1, 0.15) is 85.9 Å². The van der Waals surface area contributed by atoms with Gasteiger partial charge in [-0.3, -0.25) is 4.98 Å². The largest absolute Gasteiger partial charge is 0.444 e. The Morgan fingerprint density at radius 2 is 1.86 bits per heavy atom. The highest BCUT2D eigenvalue weighted by Crippen LogP contribution is 2.32. The lowest BCUT2D eigenvalue weighted by Crippen LogP contribution is -2.50. The fourth-order valence-electron chi connectivity index (χ4n) is 4.26. The third kappa shape index (κ3) is 7.24. The first-order chi connectivity index (χ1) is 17.5. The second kappa shape index (κ2) is 12.9. The predicted molar refractivity (Wildman–Crippen MR) is 154 cm³/mol. The molecule has 204 valence electrons. The van der Waals surface area contributed by atoms with Crippen molar-refractivity contribution >= 4 is 23.9 Å². The third-order valence-electron chi connectivity index (χ3n) is 6.57. The number of carbonyl (C=O) groups is 1. The van der Waals surface area contributed by atoms with E-state index in [-0.39, 0.29) is 12.0 Å². The van der Waals surface area contributed by atoms with Gasteiger partial charge in [-0.2, -0.15) is 0 Å². The first-order valence-corrected chi connectivity index (χ1v) is 13.5. The molecule has 1 fully saturated rings. The Labute approximate surface area is 223 Å². The Morgan fingerprint density at radius 1 is 1.22 bits per heavy atom. The fraction of sp³-hybridized carbons (Fsp3) is 0.567. The SMILES string of the molecule is C/C=c1/ncn(C)/c1=C/C(=C(\C)CC)N(C)c1cnc(C2CN(C(=O)OC(C)(C)C)C2)cc1CC.CC. The molecule has 0 radical (unpaired) electrons. The molecule has 3 rings (SSSR count). The van der Waals surface area contributed by atoms with E-state index in [9.17, 15) is 4.79 Å². The number of rotatable bonds is 6. The van der Waals surface area contributed by atoms with E-state index in [0.29, 0.717) is 13.1 Å². The highest BCUT2D eigenvalue weighted by atomic mass is 16.6. The van der Waals surface area contributed by atoms with E-state index in [1.807, 2.05) is 67.2 Å². The zero-order chi connectivity index (χ0) is 27.9. The maximum Gasteiger partial charge on any atom is 0.410 e. The number of hydrogen-bond donors (Lipinski definition) is 0. The molecule has 3 heterocycles. The van der Waals surface area contributed by atoms with Gasteiger partial charge >= 0.3 is 6.09 Å². The molecule has 0 saturated carbocycles. The number of likely N-dealkylation sites (tertiary alicyclic amines) is 1. The average molecular weight is 510 g/mol. The first kappa shape index (κ1) is 30.1. The number of anilines is 1. The lowest BCUT2D eigenvalue weighted by Gasteiger charge is -2.39. The van der Waals surface area contributed by atoms with Gasteiger partial charge in [0.2, 0.25) is 0 Å². The molecule has 1 aliphatic heterocycles. The van der Waals surface area contributed by atoms with Gasteiger partial charge in [-0.25, -0.2) is 9.78 Å². The Bertz CT molecular complexity index is 1210. The standard InChI is InChI=1S/C28H41N5O2.C2H6/c1-10-19(4)24(14-25-22(12-3)30-18-31(25)8)32(9)26-15-29-23(13-20(26)11-2)21-16-33(17-21)27(34)35-28(5,6)7;1-2/h12-15,18,21H,10-11,16-17H2,1-9H3;1-2H3/b22-12+,24-19-,25-14+;. The number of ether oxygens (including phenoxy) is 1. The van der Waals surface area contributed by atoms with Crippen LogP contribution in [0.3, 0.4) is 0 Å². The van der Waals surface area contributed by atoms with Gasteiger partial charge in [-0.1, -0.05) is 33.8 Å². The molecule has 7 nitrogen and oxygen atoms in total. The Kier molecular flexibility index (Phi) is 10.5. The monoisotopic (exact) mass is 509 g/mol. The highest BCUT2D eigenvalue weighted by Gasteiger charge is 2.35. The molecule has 1 amide bonds. The maximum atomic E-state index is 12.3. The number of aryl methyl sites for hydroxylation is 2. The molecule has 0 atom stereocenters. The second-order valence-electron chi connectivity index (χ2n) is 10.3. The quantitative estimate of drug-likeness (QED) is 0.540. The van der Waals surface area contributed by atoms with Crippen LogP contribution in [0.15, 0.2) is 29.9 Å². The van der Waals surface area contributed by atoms with Gasteiger partial charge in [0, 0.05) is 44.5 Å². The summed E-state index contributed by atoms with van der Waals surface area (Å²) in [5, 5.41) is 2.06. The number of imidazole rings is 1. The molecule has 2 aromatic heterocycles. The number of amides is 1. The van der Waals surface area contributed by atoms with Crippen LogP contribution in [0, 0.1) is 0 Å². The zero-order valence-corrected chi connectivity index (χ0v) is 24.8. The molecule has 0 aliphatic carbocycles. The van der Waals surface area contributed by atoms with Crippen molar-refractivity contribution < 1.29 is 9.53 Å². The van der Waals surface area contributed by atoms with Crippen LogP contribution >= 0.6 is 0 Å². The lowest BCUT2D eigenvalue weighted by atomic mass is 9.94. The van der Waals surface area contributed by atoms with Gasteiger partial charge in [0.05, 0.1) is 28.9 Å². The number of nitrogens with zero attached hydrogens (tertiary/aromatic N) is 5. The Balaban J connectivity index is 0.00000235. The van der Waals surface area contributed by atoms with Gasteiger partial charge in [-0.15, -0.1) is 0 Å². The third-order valence-corrected chi connectivity index (χ3v) is 6.57. The van der Waals surface area contributed by atoms with Gasteiger partial charge in [0.15, 0.2) is 0 Å². The van der Waals surface area contributed by atoms with Crippen molar-refractivity contribution in [2.24, 2.45) is 7.05 Å². The molecular weight excluding hydrogens is 462 g/mol. The van der Waals surface area contributed by atoms with Gasteiger partial charge in [0.1, 0.15) is 5.60 Å². The average Bonchev–Trinajstić information content (AvgIpc) is 3.19. The van der Waals surface area contributed by atoms with Gasteiger partial charge in [-0.05, 0) is 70.7 Å². The molecule has 0 spiro atoms. The molecule has 0 aromatic carbocycles. The minimum absolute atomic E-state index is 0.239. The molecule has 1 aliphatic rings. The fourth-order valence-corrected chi connectivity index (χ4v) is 4.26. The summed E-state index contributed by atoms with van der Waals surface area (Å²) in [5.41, 5.74) is 5.36. The van der Waals surface area contributed by atoms with E-state index in [1.165, 1.54) is 11.1 Å². The van der Waals surface area contributed by atoms with Crippen molar-refractivity contribution in [2.75, 3.05) is 25.0 Å². The summed E-state index contributed by atoms with van der Waals surface area (Å²) < 4.78 is 7.55.